The van der Waals surface area contributed by atoms with Gasteiger partial charge < -0.3 is 15.5 Å². The van der Waals surface area contributed by atoms with E-state index < -0.39 is 0 Å². The number of hydrazine groups is 1. The number of aromatic nitrogens is 3. The van der Waals surface area contributed by atoms with E-state index in [9.17, 15) is 4.79 Å². The summed E-state index contributed by atoms with van der Waals surface area (Å²) in [4.78, 5) is 22.7. The number of piperidine rings is 1. The van der Waals surface area contributed by atoms with Gasteiger partial charge in [-0.25, -0.2) is 14.5 Å². The lowest BCUT2D eigenvalue weighted by Gasteiger charge is -2.37. The molecule has 2 unspecified atom stereocenters. The summed E-state index contributed by atoms with van der Waals surface area (Å²) in [6.07, 6.45) is 6.17. The number of nitrogens with zero attached hydrogens (tertiary/aromatic N) is 6. The summed E-state index contributed by atoms with van der Waals surface area (Å²) < 4.78 is 1.87. The monoisotopic (exact) mass is 426 g/mol. The van der Waals surface area contributed by atoms with Crippen molar-refractivity contribution < 1.29 is 4.79 Å². The Morgan fingerprint density at radius 2 is 2.10 bits per heavy atom. The summed E-state index contributed by atoms with van der Waals surface area (Å²) in [5, 5.41) is 6.91. The molecule has 3 fully saturated rings. The number of fused-ring (bicyclic) bond motifs is 1. The van der Waals surface area contributed by atoms with E-state index >= 15 is 0 Å². The quantitative estimate of drug-likeness (QED) is 0.758. The first-order valence-corrected chi connectivity index (χ1v) is 11.6. The third-order valence-corrected chi connectivity index (χ3v) is 7.35. The topological polar surface area (TPSA) is 95.0 Å². The summed E-state index contributed by atoms with van der Waals surface area (Å²) in [7, 11) is 2.01. The SMILES string of the molecule is Cc1cn2nc([C@@H]3CCCCN3C(=O)C3CNN(C)C3C)cc2nc1N1CC[C@H](N)C1. The number of aryl methyl sites for hydroxylation is 1. The maximum absolute atomic E-state index is 13.5. The van der Waals surface area contributed by atoms with Crippen molar-refractivity contribution in [1.29, 1.82) is 0 Å². The highest BCUT2D eigenvalue weighted by molar-refractivity contribution is 5.80. The molecule has 2 aromatic rings. The molecule has 3 saturated heterocycles. The van der Waals surface area contributed by atoms with Crippen LogP contribution in [0.5, 0.6) is 0 Å². The van der Waals surface area contributed by atoms with Crippen molar-refractivity contribution in [3.05, 3.63) is 23.5 Å². The number of nitrogens with two attached hydrogens (primary N) is 1. The van der Waals surface area contributed by atoms with Gasteiger partial charge in [-0.3, -0.25) is 10.2 Å². The molecule has 168 valence electrons. The predicted octanol–water partition coefficient (Wildman–Crippen LogP) is 1.08. The van der Waals surface area contributed by atoms with Crippen LogP contribution >= 0.6 is 0 Å². The molecule has 9 nitrogen and oxygen atoms in total. The van der Waals surface area contributed by atoms with E-state index in [0.29, 0.717) is 6.54 Å². The van der Waals surface area contributed by atoms with Crippen LogP contribution in [-0.4, -0.2) is 75.7 Å². The van der Waals surface area contributed by atoms with Crippen molar-refractivity contribution in [2.24, 2.45) is 11.7 Å². The third-order valence-electron chi connectivity index (χ3n) is 7.35. The Morgan fingerprint density at radius 3 is 2.81 bits per heavy atom. The molecule has 1 amide bonds. The molecule has 0 radical (unpaired) electrons. The molecule has 0 aliphatic carbocycles. The minimum absolute atomic E-state index is 0.0185. The first-order chi connectivity index (χ1) is 14.9. The molecular weight excluding hydrogens is 392 g/mol. The van der Waals surface area contributed by atoms with E-state index in [-0.39, 0.29) is 30.0 Å². The van der Waals surface area contributed by atoms with Gasteiger partial charge in [-0.05, 0) is 39.5 Å². The molecule has 0 bridgehead atoms. The molecule has 9 heteroatoms. The smallest absolute Gasteiger partial charge is 0.229 e. The number of anilines is 1. The molecule has 3 aliphatic heterocycles. The number of rotatable bonds is 3. The van der Waals surface area contributed by atoms with Crippen LogP contribution in [0, 0.1) is 12.8 Å². The summed E-state index contributed by atoms with van der Waals surface area (Å²) in [5.74, 6) is 1.22. The zero-order chi connectivity index (χ0) is 21.7. The normalized spacial score (nSPS) is 29.9. The maximum Gasteiger partial charge on any atom is 0.229 e. The number of amides is 1. The van der Waals surface area contributed by atoms with Crippen LogP contribution in [0.1, 0.15) is 49.9 Å². The van der Waals surface area contributed by atoms with Crippen molar-refractivity contribution in [3.8, 4) is 0 Å². The molecule has 31 heavy (non-hydrogen) atoms. The fourth-order valence-corrected chi connectivity index (χ4v) is 5.32. The van der Waals surface area contributed by atoms with Crippen LogP contribution in [0.3, 0.4) is 0 Å². The second kappa shape index (κ2) is 8.03. The minimum atomic E-state index is -0.0195. The second-order valence-corrected chi connectivity index (χ2v) is 9.48. The van der Waals surface area contributed by atoms with Crippen LogP contribution in [0.15, 0.2) is 12.3 Å². The van der Waals surface area contributed by atoms with Crippen LogP contribution in [0.25, 0.3) is 5.65 Å². The molecule has 0 spiro atoms. The van der Waals surface area contributed by atoms with Gasteiger partial charge in [0.15, 0.2) is 5.65 Å². The molecule has 4 atom stereocenters. The van der Waals surface area contributed by atoms with Crippen LogP contribution in [-0.2, 0) is 4.79 Å². The van der Waals surface area contributed by atoms with Crippen LogP contribution < -0.4 is 16.1 Å². The maximum atomic E-state index is 13.5. The summed E-state index contributed by atoms with van der Waals surface area (Å²) in [5.41, 5.74) is 12.3. The number of carbonyl (C=O) groups is 1. The lowest BCUT2D eigenvalue weighted by molar-refractivity contribution is -0.139. The zero-order valence-corrected chi connectivity index (χ0v) is 18.8. The van der Waals surface area contributed by atoms with Crippen LogP contribution in [0.2, 0.25) is 0 Å². The van der Waals surface area contributed by atoms with Gasteiger partial charge in [0.25, 0.3) is 0 Å². The van der Waals surface area contributed by atoms with Crippen molar-refractivity contribution in [1.82, 2.24) is 29.9 Å². The van der Waals surface area contributed by atoms with E-state index in [0.717, 1.165) is 68.0 Å². The van der Waals surface area contributed by atoms with Crippen molar-refractivity contribution in [2.45, 2.75) is 57.7 Å². The molecule has 5 rings (SSSR count). The predicted molar refractivity (Wildman–Crippen MR) is 120 cm³/mol. The van der Waals surface area contributed by atoms with Gasteiger partial charge in [-0.1, -0.05) is 0 Å². The van der Waals surface area contributed by atoms with E-state index in [2.05, 4.69) is 41.3 Å². The zero-order valence-electron chi connectivity index (χ0n) is 18.8. The van der Waals surface area contributed by atoms with E-state index in [1.807, 2.05) is 16.6 Å². The van der Waals surface area contributed by atoms with Crippen molar-refractivity contribution >= 4 is 17.4 Å². The standard InChI is InChI=1S/C22H34N8O/c1-14-12-30-20(25-21(14)28-9-7-16(23)13-28)10-18(26-30)19-6-4-5-8-29(19)22(31)17-11-24-27(3)15(17)2/h10,12,15-17,19,24H,4-9,11,13,23H2,1-3H3/t15?,16-,17?,19-/m0/s1. The van der Waals surface area contributed by atoms with Gasteiger partial charge in [0, 0.05) is 63.1 Å². The molecule has 0 saturated carbocycles. The molecule has 5 heterocycles. The number of carbonyl (C=O) groups excluding carboxylic acids is 1. The van der Waals surface area contributed by atoms with Gasteiger partial charge in [0.2, 0.25) is 5.91 Å². The Balaban J connectivity index is 1.43. The van der Waals surface area contributed by atoms with Crippen molar-refractivity contribution in [3.63, 3.8) is 0 Å². The van der Waals surface area contributed by atoms with Crippen LogP contribution in [0.4, 0.5) is 5.82 Å². The number of hydrogen-bond acceptors (Lipinski definition) is 7. The van der Waals surface area contributed by atoms with Gasteiger partial charge in [-0.15, -0.1) is 0 Å². The molecule has 3 aliphatic rings. The fraction of sp³-hybridized carbons (Fsp3) is 0.682. The first kappa shape index (κ1) is 20.7. The number of likely N-dealkylation sites (tertiary alicyclic amines) is 1. The first-order valence-electron chi connectivity index (χ1n) is 11.6. The molecular formula is C22H34N8O. The second-order valence-electron chi connectivity index (χ2n) is 9.48. The number of hydrogen-bond donors (Lipinski definition) is 2. The lowest BCUT2D eigenvalue weighted by Crippen LogP contribution is -2.45. The Bertz CT molecular complexity index is 974. The lowest BCUT2D eigenvalue weighted by atomic mass is 9.94. The average Bonchev–Trinajstić information content (AvgIpc) is 3.46. The van der Waals surface area contributed by atoms with E-state index in [1.165, 1.54) is 0 Å². The minimum Gasteiger partial charge on any atom is -0.355 e. The van der Waals surface area contributed by atoms with Gasteiger partial charge in [0.1, 0.15) is 5.82 Å². The average molecular weight is 427 g/mol. The Hall–Kier alpha value is -2.23. The fourth-order valence-electron chi connectivity index (χ4n) is 5.32. The van der Waals surface area contributed by atoms with Gasteiger partial charge >= 0.3 is 0 Å². The Labute approximate surface area is 183 Å². The van der Waals surface area contributed by atoms with Gasteiger partial charge in [0.05, 0.1) is 17.7 Å². The highest BCUT2D eigenvalue weighted by atomic mass is 16.2. The Kier molecular flexibility index (Phi) is 5.35. The molecule has 0 aromatic carbocycles. The summed E-state index contributed by atoms with van der Waals surface area (Å²) >= 11 is 0. The van der Waals surface area contributed by atoms with E-state index in [1.54, 1.807) is 0 Å². The summed E-state index contributed by atoms with van der Waals surface area (Å²) in [6.45, 7) is 7.48. The van der Waals surface area contributed by atoms with E-state index in [4.69, 9.17) is 15.8 Å². The molecule has 2 aromatic heterocycles. The number of nitrogens with one attached hydrogen (secondary N) is 1. The largest absolute Gasteiger partial charge is 0.355 e. The Morgan fingerprint density at radius 1 is 1.26 bits per heavy atom. The third kappa shape index (κ3) is 3.68. The highest BCUT2D eigenvalue weighted by Gasteiger charge is 2.40. The van der Waals surface area contributed by atoms with Gasteiger partial charge in [-0.2, -0.15) is 5.10 Å². The molecule has 3 N–H and O–H groups in total. The highest BCUT2D eigenvalue weighted by Crippen LogP contribution is 2.33. The summed E-state index contributed by atoms with van der Waals surface area (Å²) in [6, 6.07) is 2.49. The van der Waals surface area contributed by atoms with Crippen molar-refractivity contribution in [2.75, 3.05) is 38.1 Å².